The van der Waals surface area contributed by atoms with Gasteiger partial charge in [-0.2, -0.15) is 14.9 Å². The Bertz CT molecular complexity index is 1350. The Morgan fingerprint density at radius 2 is 1.39 bits per heavy atom. The maximum absolute atomic E-state index is 10.2. The number of phenols is 2. The first-order valence-electron chi connectivity index (χ1n) is 10.1. The summed E-state index contributed by atoms with van der Waals surface area (Å²) in [5.41, 5.74) is 5.89. The summed E-state index contributed by atoms with van der Waals surface area (Å²) in [4.78, 5) is 0. The molecule has 0 amide bonds. The summed E-state index contributed by atoms with van der Waals surface area (Å²) in [5, 5.41) is 38.4. The van der Waals surface area contributed by atoms with Crippen LogP contribution in [0.15, 0.2) is 83.0 Å². The van der Waals surface area contributed by atoms with E-state index in [2.05, 4.69) is 25.8 Å². The molecule has 0 saturated heterocycles. The zero-order valence-electron chi connectivity index (χ0n) is 17.9. The smallest absolute Gasteiger partial charge is 0.266 e. The van der Waals surface area contributed by atoms with Crippen molar-refractivity contribution >= 4 is 29.0 Å². The van der Waals surface area contributed by atoms with Crippen LogP contribution >= 0.6 is 11.6 Å². The van der Waals surface area contributed by atoms with Crippen molar-refractivity contribution in [3.8, 4) is 22.9 Å². The van der Waals surface area contributed by atoms with Gasteiger partial charge in [0, 0.05) is 21.7 Å². The molecular formula is C24H21ClN6O2. The average molecular weight is 461 g/mol. The minimum atomic E-state index is 0.114. The third kappa shape index (κ3) is 4.86. The van der Waals surface area contributed by atoms with Gasteiger partial charge < -0.3 is 10.2 Å². The number of anilines is 1. The lowest BCUT2D eigenvalue weighted by atomic mass is 10.1. The number of benzene rings is 3. The van der Waals surface area contributed by atoms with Crippen molar-refractivity contribution in [3.63, 3.8) is 0 Å². The number of nitrogens with zero attached hydrogens (tertiary/aromatic N) is 5. The molecule has 0 aliphatic carbocycles. The lowest BCUT2D eigenvalue weighted by Crippen LogP contribution is -2.07. The molecule has 1 heterocycles. The van der Waals surface area contributed by atoms with E-state index in [9.17, 15) is 10.2 Å². The molecule has 3 aromatic carbocycles. The van der Waals surface area contributed by atoms with Crippen LogP contribution < -0.4 is 5.43 Å². The molecule has 1 aromatic heterocycles. The van der Waals surface area contributed by atoms with Crippen molar-refractivity contribution in [1.82, 2.24) is 14.9 Å². The molecule has 0 bridgehead atoms. The first-order valence-corrected chi connectivity index (χ1v) is 10.5. The molecule has 33 heavy (non-hydrogen) atoms. The van der Waals surface area contributed by atoms with E-state index in [1.807, 2.05) is 24.3 Å². The number of phenolic OH excluding ortho intramolecular Hbond substituents is 2. The van der Waals surface area contributed by atoms with Gasteiger partial charge in [0.25, 0.3) is 5.95 Å². The summed E-state index contributed by atoms with van der Waals surface area (Å²) in [6.07, 6.45) is 0. The van der Waals surface area contributed by atoms with Crippen LogP contribution in [0.2, 0.25) is 5.02 Å². The lowest BCUT2D eigenvalue weighted by Gasteiger charge is -2.09. The third-order valence-corrected chi connectivity index (χ3v) is 5.16. The van der Waals surface area contributed by atoms with E-state index in [1.165, 1.54) is 4.68 Å². The second-order valence-electron chi connectivity index (χ2n) is 7.19. The molecule has 166 valence electrons. The molecular weight excluding hydrogens is 440 g/mol. The molecule has 0 spiro atoms. The van der Waals surface area contributed by atoms with Crippen LogP contribution in [0.1, 0.15) is 25.0 Å². The summed E-state index contributed by atoms with van der Waals surface area (Å²) >= 11 is 6.03. The maximum Gasteiger partial charge on any atom is 0.266 e. The largest absolute Gasteiger partial charge is 0.507 e. The molecule has 0 atom stereocenters. The van der Waals surface area contributed by atoms with Gasteiger partial charge in [-0.1, -0.05) is 35.9 Å². The average Bonchev–Trinajstić information content (AvgIpc) is 3.20. The topological polar surface area (TPSA) is 108 Å². The molecule has 0 saturated carbocycles. The predicted molar refractivity (Wildman–Crippen MR) is 130 cm³/mol. The number of para-hydroxylation sites is 2. The van der Waals surface area contributed by atoms with Gasteiger partial charge in [0.1, 0.15) is 11.5 Å². The minimum absolute atomic E-state index is 0.114. The van der Waals surface area contributed by atoms with E-state index in [0.717, 1.165) is 5.56 Å². The number of rotatable bonds is 6. The van der Waals surface area contributed by atoms with Crippen LogP contribution in [-0.2, 0) is 0 Å². The highest BCUT2D eigenvalue weighted by Crippen LogP contribution is 2.24. The van der Waals surface area contributed by atoms with Crippen molar-refractivity contribution in [2.75, 3.05) is 5.43 Å². The van der Waals surface area contributed by atoms with E-state index >= 15 is 0 Å². The first-order chi connectivity index (χ1) is 15.9. The number of hydrazone groups is 1. The van der Waals surface area contributed by atoms with Crippen molar-refractivity contribution < 1.29 is 10.2 Å². The van der Waals surface area contributed by atoms with Crippen LogP contribution in [-0.4, -0.2) is 36.5 Å². The van der Waals surface area contributed by atoms with E-state index in [4.69, 9.17) is 11.6 Å². The van der Waals surface area contributed by atoms with E-state index < -0.39 is 0 Å². The van der Waals surface area contributed by atoms with Crippen LogP contribution in [0, 0.1) is 0 Å². The van der Waals surface area contributed by atoms with E-state index in [0.29, 0.717) is 33.4 Å². The number of hydrogen-bond donors (Lipinski definition) is 3. The van der Waals surface area contributed by atoms with Gasteiger partial charge >= 0.3 is 0 Å². The molecule has 0 fully saturated rings. The van der Waals surface area contributed by atoms with Crippen molar-refractivity contribution in [2.24, 2.45) is 10.2 Å². The highest BCUT2D eigenvalue weighted by Gasteiger charge is 2.15. The fourth-order valence-corrected chi connectivity index (χ4v) is 3.31. The first kappa shape index (κ1) is 22.0. The molecule has 0 radical (unpaired) electrons. The minimum Gasteiger partial charge on any atom is -0.507 e. The van der Waals surface area contributed by atoms with Crippen LogP contribution in [0.4, 0.5) is 5.95 Å². The Kier molecular flexibility index (Phi) is 6.37. The highest BCUT2D eigenvalue weighted by atomic mass is 35.5. The van der Waals surface area contributed by atoms with Gasteiger partial charge in [-0.05, 0) is 62.4 Å². The Morgan fingerprint density at radius 1 is 0.818 bits per heavy atom. The summed E-state index contributed by atoms with van der Waals surface area (Å²) in [6, 6.07) is 21.0. The Balaban J connectivity index is 1.77. The summed E-state index contributed by atoms with van der Waals surface area (Å²) in [5.74, 6) is 0.948. The molecule has 0 aliphatic heterocycles. The van der Waals surface area contributed by atoms with Crippen molar-refractivity contribution in [1.29, 1.82) is 0 Å². The van der Waals surface area contributed by atoms with Crippen LogP contribution in [0.25, 0.3) is 11.4 Å². The molecule has 3 N–H and O–H groups in total. The number of aromatic hydroxyl groups is 2. The molecule has 4 rings (SSSR count). The quantitative estimate of drug-likeness (QED) is 0.273. The highest BCUT2D eigenvalue weighted by molar-refractivity contribution is 6.30. The van der Waals surface area contributed by atoms with Gasteiger partial charge in [-0.25, -0.2) is 5.43 Å². The zero-order valence-corrected chi connectivity index (χ0v) is 18.7. The second-order valence-corrected chi connectivity index (χ2v) is 7.63. The van der Waals surface area contributed by atoms with Crippen LogP contribution in [0.5, 0.6) is 11.5 Å². The van der Waals surface area contributed by atoms with Gasteiger partial charge in [0.2, 0.25) is 0 Å². The Hall–Kier alpha value is -4.17. The third-order valence-electron chi connectivity index (χ3n) is 4.90. The second kappa shape index (κ2) is 9.54. The fourth-order valence-electron chi connectivity index (χ4n) is 3.18. The standard InChI is InChI=1S/C24H21ClN6O2/c1-15(19-7-3-5-9-21(19)32)26-28-24-29-27-23(17-11-13-18(25)14-12-17)31(24)30-16(2)20-8-4-6-10-22(20)33/h3-14,32-33H,1-2H3,(H,28,29)/b26-15+,30-16+. The van der Waals surface area contributed by atoms with Gasteiger partial charge in [0.15, 0.2) is 5.82 Å². The fraction of sp³-hybridized carbons (Fsp3) is 0.0833. The van der Waals surface area contributed by atoms with Crippen molar-refractivity contribution in [3.05, 3.63) is 88.9 Å². The normalized spacial score (nSPS) is 12.1. The molecule has 4 aromatic rings. The van der Waals surface area contributed by atoms with Gasteiger partial charge in [-0.15, -0.1) is 10.2 Å². The molecule has 9 heteroatoms. The van der Waals surface area contributed by atoms with E-state index in [1.54, 1.807) is 62.4 Å². The zero-order chi connectivity index (χ0) is 23.4. The monoisotopic (exact) mass is 460 g/mol. The van der Waals surface area contributed by atoms with Gasteiger partial charge in [0.05, 0.1) is 11.4 Å². The van der Waals surface area contributed by atoms with Gasteiger partial charge in [-0.3, -0.25) is 0 Å². The Morgan fingerprint density at radius 3 is 2.00 bits per heavy atom. The lowest BCUT2D eigenvalue weighted by molar-refractivity contribution is 0.473. The van der Waals surface area contributed by atoms with Crippen LogP contribution in [0.3, 0.4) is 0 Å². The summed E-state index contributed by atoms with van der Waals surface area (Å²) in [6.45, 7) is 3.54. The van der Waals surface area contributed by atoms with Crippen molar-refractivity contribution in [2.45, 2.75) is 13.8 Å². The molecule has 0 aliphatic rings. The maximum atomic E-state index is 10.2. The predicted octanol–water partition coefficient (Wildman–Crippen LogP) is 5.12. The summed E-state index contributed by atoms with van der Waals surface area (Å²) in [7, 11) is 0. The molecule has 8 nitrogen and oxygen atoms in total. The Labute approximate surface area is 195 Å². The number of hydrogen-bond acceptors (Lipinski definition) is 7. The number of nitrogens with one attached hydrogen (secondary N) is 1. The molecule has 0 unspecified atom stereocenters. The number of halogens is 1. The number of aromatic nitrogens is 3. The SMILES string of the molecule is C/C(=N\Nc1nnc(-c2ccc(Cl)cc2)n1/N=C(\C)c1ccccc1O)c1ccccc1O. The summed E-state index contributed by atoms with van der Waals surface area (Å²) < 4.78 is 1.51. The van der Waals surface area contributed by atoms with E-state index in [-0.39, 0.29) is 17.4 Å².